The zero-order valence-electron chi connectivity index (χ0n) is 17.9. The molecule has 0 unspecified atom stereocenters. The number of nitrogens with one attached hydrogen (secondary N) is 1. The van der Waals surface area contributed by atoms with Gasteiger partial charge in [-0.25, -0.2) is 4.79 Å². The Kier molecular flexibility index (Phi) is 5.14. The van der Waals surface area contributed by atoms with Crippen molar-refractivity contribution in [2.75, 3.05) is 0 Å². The van der Waals surface area contributed by atoms with Gasteiger partial charge in [-0.3, -0.25) is 4.79 Å². The van der Waals surface area contributed by atoms with Crippen molar-refractivity contribution in [3.63, 3.8) is 0 Å². The van der Waals surface area contributed by atoms with Crippen LogP contribution in [0.1, 0.15) is 76.3 Å². The molecule has 2 aliphatic carbocycles. The van der Waals surface area contributed by atoms with Crippen LogP contribution in [0.3, 0.4) is 0 Å². The maximum atomic E-state index is 13.3. The van der Waals surface area contributed by atoms with Gasteiger partial charge in [0, 0.05) is 29.3 Å². The molecule has 1 aromatic rings. The highest BCUT2D eigenvalue weighted by molar-refractivity contribution is 6.04. The number of carbonyl (C=O) groups excluding carboxylic acids is 2. The molecule has 29 heavy (non-hydrogen) atoms. The molecule has 1 atom stereocenters. The van der Waals surface area contributed by atoms with E-state index < -0.39 is 0 Å². The number of benzene rings is 1. The number of Topliss-reactive ketones (excluding diaryl/α,β-unsaturated/α-hetero) is 1. The van der Waals surface area contributed by atoms with E-state index in [1.54, 1.807) is 0 Å². The Morgan fingerprint density at radius 1 is 1.10 bits per heavy atom. The van der Waals surface area contributed by atoms with Crippen LogP contribution in [0.4, 0.5) is 0 Å². The molecule has 0 spiro atoms. The van der Waals surface area contributed by atoms with Gasteiger partial charge in [0.25, 0.3) is 0 Å². The third kappa shape index (κ3) is 3.77. The van der Waals surface area contributed by atoms with Crippen molar-refractivity contribution >= 4 is 11.8 Å². The van der Waals surface area contributed by atoms with Crippen molar-refractivity contribution < 1.29 is 14.3 Å². The van der Waals surface area contributed by atoms with Crippen LogP contribution >= 0.6 is 0 Å². The quantitative estimate of drug-likeness (QED) is 0.727. The van der Waals surface area contributed by atoms with Crippen LogP contribution in [-0.2, 0) is 14.3 Å². The smallest absolute Gasteiger partial charge is 0.337 e. The molecule has 4 nitrogen and oxygen atoms in total. The molecule has 4 rings (SSSR count). The molecule has 1 aromatic carbocycles. The second-order valence-electron chi connectivity index (χ2n) is 9.60. The number of dihydropyridines is 1. The van der Waals surface area contributed by atoms with Crippen molar-refractivity contribution in [3.8, 4) is 0 Å². The molecule has 0 amide bonds. The number of aryl methyl sites for hydroxylation is 1. The summed E-state index contributed by atoms with van der Waals surface area (Å²) in [6.07, 6.45) is 5.38. The SMILES string of the molecule is CC1=C(C(=O)OC2CCCC2)[C@H](c2ccccc2C)C2=C(CC(C)(C)CC2=O)N1. The molecule has 1 saturated carbocycles. The zero-order valence-corrected chi connectivity index (χ0v) is 17.9. The van der Waals surface area contributed by atoms with Gasteiger partial charge in [0.2, 0.25) is 0 Å². The summed E-state index contributed by atoms with van der Waals surface area (Å²) in [7, 11) is 0. The minimum Gasteiger partial charge on any atom is -0.459 e. The fraction of sp³-hybridized carbons (Fsp3) is 0.520. The monoisotopic (exact) mass is 393 g/mol. The number of ketones is 1. The molecule has 1 fully saturated rings. The first-order chi connectivity index (χ1) is 13.8. The number of allylic oxidation sites excluding steroid dienone is 3. The average molecular weight is 394 g/mol. The molecule has 0 radical (unpaired) electrons. The molecule has 4 heteroatoms. The molecular weight excluding hydrogens is 362 g/mol. The van der Waals surface area contributed by atoms with E-state index in [1.165, 1.54) is 0 Å². The topological polar surface area (TPSA) is 55.4 Å². The van der Waals surface area contributed by atoms with Gasteiger partial charge < -0.3 is 10.1 Å². The lowest BCUT2D eigenvalue weighted by molar-refractivity contribution is -0.144. The normalized spacial score (nSPS) is 24.4. The molecule has 0 bridgehead atoms. The minimum atomic E-state index is -0.357. The van der Waals surface area contributed by atoms with Crippen LogP contribution in [0.25, 0.3) is 0 Å². The molecule has 1 aliphatic heterocycles. The van der Waals surface area contributed by atoms with Crippen LogP contribution in [0, 0.1) is 12.3 Å². The van der Waals surface area contributed by atoms with Gasteiger partial charge in [-0.15, -0.1) is 0 Å². The highest BCUT2D eigenvalue weighted by Crippen LogP contribution is 2.47. The van der Waals surface area contributed by atoms with Crippen LogP contribution in [0.5, 0.6) is 0 Å². The zero-order chi connectivity index (χ0) is 20.8. The van der Waals surface area contributed by atoms with Gasteiger partial charge in [0.15, 0.2) is 5.78 Å². The van der Waals surface area contributed by atoms with E-state index in [2.05, 4.69) is 19.2 Å². The predicted octanol–water partition coefficient (Wildman–Crippen LogP) is 5.08. The van der Waals surface area contributed by atoms with Crippen molar-refractivity contribution in [1.29, 1.82) is 0 Å². The summed E-state index contributed by atoms with van der Waals surface area (Å²) in [5.41, 5.74) is 5.15. The Labute approximate surface area is 173 Å². The summed E-state index contributed by atoms with van der Waals surface area (Å²) in [5.74, 6) is -0.500. The van der Waals surface area contributed by atoms with E-state index in [0.717, 1.165) is 60.2 Å². The summed E-state index contributed by atoms with van der Waals surface area (Å²) >= 11 is 0. The second kappa shape index (κ2) is 7.47. The summed E-state index contributed by atoms with van der Waals surface area (Å²) in [4.78, 5) is 26.6. The van der Waals surface area contributed by atoms with E-state index in [9.17, 15) is 9.59 Å². The first-order valence-corrected chi connectivity index (χ1v) is 10.8. The third-order valence-electron chi connectivity index (χ3n) is 6.53. The summed E-state index contributed by atoms with van der Waals surface area (Å²) < 4.78 is 5.90. The number of hydrogen-bond donors (Lipinski definition) is 1. The van der Waals surface area contributed by atoms with Gasteiger partial charge in [-0.05, 0) is 62.5 Å². The second-order valence-corrected chi connectivity index (χ2v) is 9.60. The minimum absolute atomic E-state index is 0.00307. The van der Waals surface area contributed by atoms with Gasteiger partial charge in [0.1, 0.15) is 6.10 Å². The Morgan fingerprint density at radius 3 is 2.48 bits per heavy atom. The Balaban J connectivity index is 1.80. The van der Waals surface area contributed by atoms with Crippen molar-refractivity contribution in [1.82, 2.24) is 5.32 Å². The van der Waals surface area contributed by atoms with Crippen LogP contribution < -0.4 is 5.32 Å². The molecule has 0 saturated heterocycles. The summed E-state index contributed by atoms with van der Waals surface area (Å²) in [5, 5.41) is 3.42. The van der Waals surface area contributed by atoms with Crippen LogP contribution in [0.15, 0.2) is 46.8 Å². The predicted molar refractivity (Wildman–Crippen MR) is 113 cm³/mol. The van der Waals surface area contributed by atoms with E-state index in [1.807, 2.05) is 38.1 Å². The number of hydrogen-bond acceptors (Lipinski definition) is 4. The first kappa shape index (κ1) is 19.9. The molecule has 0 aromatic heterocycles. The highest BCUT2D eigenvalue weighted by Gasteiger charge is 2.43. The molecule has 154 valence electrons. The van der Waals surface area contributed by atoms with Crippen molar-refractivity contribution in [3.05, 3.63) is 57.9 Å². The highest BCUT2D eigenvalue weighted by atomic mass is 16.5. The largest absolute Gasteiger partial charge is 0.459 e. The van der Waals surface area contributed by atoms with Crippen molar-refractivity contribution in [2.24, 2.45) is 5.41 Å². The summed E-state index contributed by atoms with van der Waals surface area (Å²) in [6, 6.07) is 8.06. The average Bonchev–Trinajstić information content (AvgIpc) is 3.12. The fourth-order valence-corrected chi connectivity index (χ4v) is 5.15. The van der Waals surface area contributed by atoms with Crippen LogP contribution in [0.2, 0.25) is 0 Å². The Bertz CT molecular complexity index is 916. The lowest BCUT2D eigenvalue weighted by Gasteiger charge is -2.40. The maximum Gasteiger partial charge on any atom is 0.337 e. The van der Waals surface area contributed by atoms with Crippen molar-refractivity contribution in [2.45, 2.75) is 78.2 Å². The van der Waals surface area contributed by atoms with E-state index in [0.29, 0.717) is 12.0 Å². The molecule has 1 N–H and O–H groups in total. The molecule has 1 heterocycles. The lowest BCUT2D eigenvalue weighted by Crippen LogP contribution is -2.39. The lowest BCUT2D eigenvalue weighted by atomic mass is 9.68. The number of carbonyl (C=O) groups is 2. The number of esters is 1. The van der Waals surface area contributed by atoms with E-state index in [-0.39, 0.29) is 29.2 Å². The molecular formula is C25H31NO3. The first-order valence-electron chi connectivity index (χ1n) is 10.8. The fourth-order valence-electron chi connectivity index (χ4n) is 5.15. The van der Waals surface area contributed by atoms with Gasteiger partial charge in [-0.1, -0.05) is 38.1 Å². The van der Waals surface area contributed by atoms with Crippen LogP contribution in [-0.4, -0.2) is 17.9 Å². The summed E-state index contributed by atoms with van der Waals surface area (Å²) in [6.45, 7) is 8.24. The standard InChI is InChI=1S/C25H31NO3/c1-15-9-5-8-12-18(15)22-21(24(28)29-17-10-6-7-11-17)16(2)26-19-13-25(3,4)14-20(27)23(19)22/h5,8-9,12,17,22,26H,6-7,10-11,13-14H2,1-4H3/t22-/m0/s1. The number of rotatable bonds is 3. The maximum absolute atomic E-state index is 13.3. The van der Waals surface area contributed by atoms with Gasteiger partial charge in [0.05, 0.1) is 5.57 Å². The third-order valence-corrected chi connectivity index (χ3v) is 6.53. The van der Waals surface area contributed by atoms with E-state index >= 15 is 0 Å². The Morgan fingerprint density at radius 2 is 1.79 bits per heavy atom. The van der Waals surface area contributed by atoms with E-state index in [4.69, 9.17) is 4.74 Å². The number of ether oxygens (including phenoxy) is 1. The van der Waals surface area contributed by atoms with Gasteiger partial charge in [-0.2, -0.15) is 0 Å². The molecule has 3 aliphatic rings. The van der Waals surface area contributed by atoms with Gasteiger partial charge >= 0.3 is 5.97 Å². The Hall–Kier alpha value is -2.36.